The van der Waals surface area contributed by atoms with Gasteiger partial charge < -0.3 is 0 Å². The van der Waals surface area contributed by atoms with Gasteiger partial charge in [0.15, 0.2) is 0 Å². The minimum Gasteiger partial charge on any atom is -0.0876 e. The maximum Gasteiger partial charge on any atom is 0.0280 e. The molecule has 1 heteroatoms. The average molecular weight is 281 g/mol. The van der Waals surface area contributed by atoms with Crippen molar-refractivity contribution in [2.45, 2.75) is 46.0 Å². The summed E-state index contributed by atoms with van der Waals surface area (Å²) in [6.45, 7) is 4.79. The molecule has 0 aromatic heterocycles. The highest BCUT2D eigenvalue weighted by Crippen LogP contribution is 2.40. The molecule has 0 heterocycles. The van der Waals surface area contributed by atoms with Crippen molar-refractivity contribution in [1.82, 2.24) is 0 Å². The first-order chi connectivity index (χ1) is 7.61. The number of halogens is 1. The molecule has 88 valence electrons. The van der Waals surface area contributed by atoms with E-state index in [0.29, 0.717) is 5.41 Å². The highest BCUT2D eigenvalue weighted by atomic mass is 79.9. The van der Waals surface area contributed by atoms with Crippen molar-refractivity contribution in [2.24, 2.45) is 5.41 Å². The van der Waals surface area contributed by atoms with E-state index in [9.17, 15) is 0 Å². The second-order valence-electron chi connectivity index (χ2n) is 5.74. The normalized spacial score (nSPS) is 24.6. The standard InChI is InChI=1S/C15H21Br/c1-15(2)9-7-14(8-10-15)13-5-3-12(11-16)4-6-13/h3-5H,6-11H2,1-2H3. The van der Waals surface area contributed by atoms with Crippen LogP contribution in [0.25, 0.3) is 0 Å². The summed E-state index contributed by atoms with van der Waals surface area (Å²) in [4.78, 5) is 0. The minimum atomic E-state index is 0.569. The number of rotatable bonds is 1. The Morgan fingerprint density at radius 1 is 1.19 bits per heavy atom. The average Bonchev–Trinajstić information content (AvgIpc) is 2.29. The van der Waals surface area contributed by atoms with E-state index in [-0.39, 0.29) is 0 Å². The molecule has 16 heavy (non-hydrogen) atoms. The van der Waals surface area contributed by atoms with Crippen LogP contribution in [-0.2, 0) is 0 Å². The molecule has 0 amide bonds. The summed E-state index contributed by atoms with van der Waals surface area (Å²) in [5, 5.41) is 0.985. The third-order valence-corrected chi connectivity index (χ3v) is 4.55. The zero-order chi connectivity index (χ0) is 11.6. The van der Waals surface area contributed by atoms with Crippen LogP contribution in [0.4, 0.5) is 0 Å². The number of hydrogen-bond donors (Lipinski definition) is 0. The summed E-state index contributed by atoms with van der Waals surface area (Å²) >= 11 is 3.51. The second-order valence-corrected chi connectivity index (χ2v) is 6.30. The van der Waals surface area contributed by atoms with Gasteiger partial charge in [-0.1, -0.05) is 53.6 Å². The highest BCUT2D eigenvalue weighted by molar-refractivity contribution is 9.09. The van der Waals surface area contributed by atoms with Crippen molar-refractivity contribution in [3.8, 4) is 0 Å². The summed E-state index contributed by atoms with van der Waals surface area (Å²) in [6, 6.07) is 0. The quantitative estimate of drug-likeness (QED) is 0.582. The van der Waals surface area contributed by atoms with E-state index in [2.05, 4.69) is 48.0 Å². The molecular weight excluding hydrogens is 260 g/mol. The van der Waals surface area contributed by atoms with Gasteiger partial charge in [0.1, 0.15) is 0 Å². The van der Waals surface area contributed by atoms with Crippen LogP contribution in [0.3, 0.4) is 0 Å². The fraction of sp³-hybridized carbons (Fsp3) is 0.600. The molecule has 1 fully saturated rings. The molecule has 2 rings (SSSR count). The van der Waals surface area contributed by atoms with Crippen LogP contribution < -0.4 is 0 Å². The Kier molecular flexibility index (Phi) is 3.73. The van der Waals surface area contributed by atoms with Gasteiger partial charge in [-0.2, -0.15) is 0 Å². The molecule has 0 N–H and O–H groups in total. The van der Waals surface area contributed by atoms with Crippen LogP contribution in [0.5, 0.6) is 0 Å². The van der Waals surface area contributed by atoms with Crippen LogP contribution in [0.2, 0.25) is 0 Å². The van der Waals surface area contributed by atoms with Gasteiger partial charge in [-0.05, 0) is 48.7 Å². The van der Waals surface area contributed by atoms with Gasteiger partial charge in [-0.15, -0.1) is 0 Å². The summed E-state index contributed by atoms with van der Waals surface area (Å²) in [7, 11) is 0. The molecule has 0 nitrogen and oxygen atoms in total. The molecule has 0 radical (unpaired) electrons. The second kappa shape index (κ2) is 4.91. The lowest BCUT2D eigenvalue weighted by Crippen LogP contribution is -2.17. The third-order valence-electron chi connectivity index (χ3n) is 3.90. The van der Waals surface area contributed by atoms with Gasteiger partial charge in [-0.25, -0.2) is 0 Å². The Morgan fingerprint density at radius 3 is 2.38 bits per heavy atom. The van der Waals surface area contributed by atoms with Gasteiger partial charge in [-0.3, -0.25) is 0 Å². The first kappa shape index (κ1) is 12.2. The molecule has 0 spiro atoms. The van der Waals surface area contributed by atoms with E-state index < -0.39 is 0 Å². The van der Waals surface area contributed by atoms with Crippen LogP contribution >= 0.6 is 15.9 Å². The maximum atomic E-state index is 3.51. The molecule has 0 bridgehead atoms. The minimum absolute atomic E-state index is 0.569. The molecule has 2 aliphatic rings. The number of alkyl halides is 1. The Balaban J connectivity index is 2.04. The van der Waals surface area contributed by atoms with Crippen molar-refractivity contribution in [2.75, 3.05) is 5.33 Å². The maximum absolute atomic E-state index is 3.51. The van der Waals surface area contributed by atoms with Crippen LogP contribution in [0, 0.1) is 5.41 Å². The predicted molar refractivity (Wildman–Crippen MR) is 74.9 cm³/mol. The molecule has 2 aliphatic carbocycles. The molecule has 0 aliphatic heterocycles. The van der Waals surface area contributed by atoms with Gasteiger partial charge >= 0.3 is 0 Å². The molecule has 0 aromatic rings. The first-order valence-electron chi connectivity index (χ1n) is 6.25. The largest absolute Gasteiger partial charge is 0.0876 e. The molecular formula is C15H21Br. The lowest BCUT2D eigenvalue weighted by atomic mass is 9.74. The summed E-state index contributed by atoms with van der Waals surface area (Å²) < 4.78 is 0. The van der Waals surface area contributed by atoms with Gasteiger partial charge in [0.25, 0.3) is 0 Å². The molecule has 0 unspecified atom stereocenters. The third kappa shape index (κ3) is 2.88. The lowest BCUT2D eigenvalue weighted by molar-refractivity contribution is 0.277. The zero-order valence-corrected chi connectivity index (χ0v) is 11.9. The highest BCUT2D eigenvalue weighted by Gasteiger charge is 2.24. The first-order valence-corrected chi connectivity index (χ1v) is 7.37. The van der Waals surface area contributed by atoms with E-state index in [0.717, 1.165) is 11.8 Å². The summed E-state index contributed by atoms with van der Waals surface area (Å²) in [5.41, 5.74) is 5.28. The summed E-state index contributed by atoms with van der Waals surface area (Å²) in [6.07, 6.45) is 13.4. The Morgan fingerprint density at radius 2 is 1.88 bits per heavy atom. The van der Waals surface area contributed by atoms with Crippen molar-refractivity contribution in [1.29, 1.82) is 0 Å². The van der Waals surface area contributed by atoms with Crippen LogP contribution in [-0.4, -0.2) is 5.33 Å². The van der Waals surface area contributed by atoms with Gasteiger partial charge in [0.2, 0.25) is 0 Å². The Hall–Kier alpha value is -0.300. The van der Waals surface area contributed by atoms with E-state index in [1.54, 1.807) is 11.1 Å². The number of allylic oxidation sites excluding steroid dienone is 6. The van der Waals surface area contributed by atoms with E-state index >= 15 is 0 Å². The van der Waals surface area contributed by atoms with E-state index in [1.165, 1.54) is 31.3 Å². The molecule has 0 atom stereocenters. The van der Waals surface area contributed by atoms with Crippen LogP contribution in [0.15, 0.2) is 34.9 Å². The van der Waals surface area contributed by atoms with E-state index in [4.69, 9.17) is 0 Å². The predicted octanol–water partition coefficient (Wildman–Crippen LogP) is 5.16. The molecule has 0 aromatic carbocycles. The lowest BCUT2D eigenvalue weighted by Gasteiger charge is -2.32. The fourth-order valence-corrected chi connectivity index (χ4v) is 2.91. The van der Waals surface area contributed by atoms with Gasteiger partial charge in [0.05, 0.1) is 0 Å². The van der Waals surface area contributed by atoms with Crippen molar-refractivity contribution in [3.05, 3.63) is 34.9 Å². The summed E-state index contributed by atoms with van der Waals surface area (Å²) in [5.74, 6) is 0. The topological polar surface area (TPSA) is 0 Å². The fourth-order valence-electron chi connectivity index (χ4n) is 2.50. The molecule has 0 saturated heterocycles. The van der Waals surface area contributed by atoms with Crippen molar-refractivity contribution < 1.29 is 0 Å². The molecule has 1 saturated carbocycles. The zero-order valence-electron chi connectivity index (χ0n) is 10.4. The van der Waals surface area contributed by atoms with Crippen molar-refractivity contribution in [3.63, 3.8) is 0 Å². The van der Waals surface area contributed by atoms with Gasteiger partial charge in [0, 0.05) is 5.33 Å². The monoisotopic (exact) mass is 280 g/mol. The Labute approximate surface area is 108 Å². The number of hydrogen-bond acceptors (Lipinski definition) is 0. The van der Waals surface area contributed by atoms with E-state index in [1.807, 2.05) is 0 Å². The van der Waals surface area contributed by atoms with Crippen LogP contribution in [0.1, 0.15) is 46.0 Å². The Bertz CT molecular complexity index is 344. The smallest absolute Gasteiger partial charge is 0.0280 e. The van der Waals surface area contributed by atoms with Crippen molar-refractivity contribution >= 4 is 15.9 Å². The SMILES string of the molecule is CC1(C)CCC(=C2C=CC(CBr)=CC2)CC1.